The van der Waals surface area contributed by atoms with Crippen molar-refractivity contribution in [2.24, 2.45) is 0 Å². The molecule has 5 heteroatoms. The van der Waals surface area contributed by atoms with Crippen LogP contribution in [0.15, 0.2) is 36.4 Å². The molecule has 0 aliphatic carbocycles. The van der Waals surface area contributed by atoms with E-state index in [1.54, 1.807) is 6.92 Å². The van der Waals surface area contributed by atoms with E-state index in [1.165, 1.54) is 0 Å². The van der Waals surface area contributed by atoms with Crippen molar-refractivity contribution in [3.63, 3.8) is 0 Å². The molecule has 1 fully saturated rings. The smallest absolute Gasteiger partial charge is 0.255 e. The molecule has 2 rings (SSSR count). The first-order valence-corrected chi connectivity index (χ1v) is 6.90. The molecule has 0 radical (unpaired) electrons. The SMILES string of the molecule is C[C@H]1C[C@@H](/C=C/c2ccccc2)NS(=O)(=O)O1. The van der Waals surface area contributed by atoms with E-state index >= 15 is 0 Å². The first kappa shape index (κ1) is 12.3. The zero-order valence-corrected chi connectivity index (χ0v) is 10.4. The Morgan fingerprint density at radius 1 is 1.35 bits per heavy atom. The molecule has 2 atom stereocenters. The Kier molecular flexibility index (Phi) is 3.61. The average Bonchev–Trinajstić information content (AvgIpc) is 2.25. The second kappa shape index (κ2) is 5.00. The molecule has 1 saturated heterocycles. The normalized spacial score (nSPS) is 28.3. The molecule has 0 amide bonds. The van der Waals surface area contributed by atoms with Gasteiger partial charge in [-0.15, -0.1) is 0 Å². The third kappa shape index (κ3) is 3.66. The van der Waals surface area contributed by atoms with Crippen molar-refractivity contribution in [1.82, 2.24) is 4.72 Å². The van der Waals surface area contributed by atoms with Gasteiger partial charge in [0, 0.05) is 6.04 Å². The van der Waals surface area contributed by atoms with Gasteiger partial charge in [-0.2, -0.15) is 13.1 Å². The minimum Gasteiger partial charge on any atom is -0.255 e. The Bertz CT molecular complexity index is 496. The Balaban J connectivity index is 2.07. The molecule has 0 saturated carbocycles. The first-order chi connectivity index (χ1) is 8.05. The summed E-state index contributed by atoms with van der Waals surface area (Å²) in [7, 11) is -3.59. The molecular weight excluding hydrogens is 238 g/mol. The third-order valence-corrected chi connectivity index (χ3v) is 3.67. The van der Waals surface area contributed by atoms with Gasteiger partial charge in [-0.05, 0) is 18.9 Å². The highest BCUT2D eigenvalue weighted by Gasteiger charge is 2.27. The Hall–Kier alpha value is -1.17. The number of rotatable bonds is 2. The molecule has 1 N–H and O–H groups in total. The zero-order valence-electron chi connectivity index (χ0n) is 9.54. The highest BCUT2D eigenvalue weighted by molar-refractivity contribution is 7.84. The fourth-order valence-corrected chi connectivity index (χ4v) is 2.90. The van der Waals surface area contributed by atoms with Crippen LogP contribution in [0.1, 0.15) is 18.9 Å². The molecule has 17 heavy (non-hydrogen) atoms. The third-order valence-electron chi connectivity index (χ3n) is 2.49. The van der Waals surface area contributed by atoms with E-state index in [2.05, 4.69) is 4.72 Å². The first-order valence-electron chi connectivity index (χ1n) is 5.49. The van der Waals surface area contributed by atoms with E-state index in [0.29, 0.717) is 6.42 Å². The van der Waals surface area contributed by atoms with Crippen LogP contribution >= 0.6 is 0 Å². The number of hydrogen-bond acceptors (Lipinski definition) is 3. The largest absolute Gasteiger partial charge is 0.336 e. The molecule has 4 nitrogen and oxygen atoms in total. The van der Waals surface area contributed by atoms with Gasteiger partial charge < -0.3 is 0 Å². The highest BCUT2D eigenvalue weighted by Crippen LogP contribution is 2.15. The van der Waals surface area contributed by atoms with E-state index < -0.39 is 10.3 Å². The summed E-state index contributed by atoms with van der Waals surface area (Å²) < 4.78 is 29.9. The van der Waals surface area contributed by atoms with Crippen LogP contribution in [0, 0.1) is 0 Å². The van der Waals surface area contributed by atoms with Crippen LogP contribution in [0.2, 0.25) is 0 Å². The minimum absolute atomic E-state index is 0.205. The van der Waals surface area contributed by atoms with Crippen molar-refractivity contribution in [1.29, 1.82) is 0 Å². The van der Waals surface area contributed by atoms with E-state index in [-0.39, 0.29) is 12.1 Å². The van der Waals surface area contributed by atoms with Crippen LogP contribution in [-0.4, -0.2) is 20.6 Å². The maximum atomic E-state index is 11.3. The molecule has 92 valence electrons. The highest BCUT2D eigenvalue weighted by atomic mass is 32.2. The maximum Gasteiger partial charge on any atom is 0.336 e. The molecule has 1 aromatic rings. The molecule has 1 heterocycles. The fraction of sp³-hybridized carbons (Fsp3) is 0.333. The van der Waals surface area contributed by atoms with E-state index in [4.69, 9.17) is 4.18 Å². The monoisotopic (exact) mass is 253 g/mol. The lowest BCUT2D eigenvalue weighted by molar-refractivity contribution is 0.183. The van der Waals surface area contributed by atoms with Crippen molar-refractivity contribution < 1.29 is 12.6 Å². The van der Waals surface area contributed by atoms with Gasteiger partial charge in [0.2, 0.25) is 0 Å². The zero-order chi connectivity index (χ0) is 12.3. The Morgan fingerprint density at radius 2 is 2.06 bits per heavy atom. The van der Waals surface area contributed by atoms with Gasteiger partial charge in [0.25, 0.3) is 0 Å². The molecule has 0 spiro atoms. The van der Waals surface area contributed by atoms with E-state index in [1.807, 2.05) is 42.5 Å². The van der Waals surface area contributed by atoms with Gasteiger partial charge >= 0.3 is 10.3 Å². The van der Waals surface area contributed by atoms with Crippen molar-refractivity contribution >= 4 is 16.4 Å². The van der Waals surface area contributed by atoms with Gasteiger partial charge in [0.05, 0.1) is 6.10 Å². The number of benzene rings is 1. The van der Waals surface area contributed by atoms with Crippen LogP contribution < -0.4 is 4.72 Å². The molecule has 1 aliphatic rings. The van der Waals surface area contributed by atoms with Gasteiger partial charge in [-0.1, -0.05) is 42.5 Å². The summed E-state index contributed by atoms with van der Waals surface area (Å²) in [4.78, 5) is 0. The quantitative estimate of drug-likeness (QED) is 0.873. The lowest BCUT2D eigenvalue weighted by Gasteiger charge is -2.25. The lowest BCUT2D eigenvalue weighted by atomic mass is 10.1. The van der Waals surface area contributed by atoms with E-state index in [0.717, 1.165) is 5.56 Å². The Labute approximate surface area is 102 Å². The molecule has 1 aliphatic heterocycles. The topological polar surface area (TPSA) is 55.4 Å². The predicted molar refractivity (Wildman–Crippen MR) is 66.5 cm³/mol. The second-order valence-corrected chi connectivity index (χ2v) is 5.43. The van der Waals surface area contributed by atoms with Crippen molar-refractivity contribution in [2.45, 2.75) is 25.5 Å². The molecular formula is C12H15NO3S. The van der Waals surface area contributed by atoms with Crippen molar-refractivity contribution in [3.8, 4) is 0 Å². The Morgan fingerprint density at radius 3 is 2.71 bits per heavy atom. The molecule has 1 aromatic carbocycles. The molecule has 0 unspecified atom stereocenters. The van der Waals surface area contributed by atoms with Crippen molar-refractivity contribution in [3.05, 3.63) is 42.0 Å². The summed E-state index contributed by atoms with van der Waals surface area (Å²) in [6.07, 6.45) is 4.12. The fourth-order valence-electron chi connectivity index (χ4n) is 1.78. The van der Waals surface area contributed by atoms with Crippen LogP contribution in [-0.2, 0) is 14.5 Å². The summed E-state index contributed by atoms with van der Waals surface area (Å²) >= 11 is 0. The van der Waals surface area contributed by atoms with E-state index in [9.17, 15) is 8.42 Å². The number of nitrogens with one attached hydrogen (secondary N) is 1. The second-order valence-electron chi connectivity index (χ2n) is 4.09. The van der Waals surface area contributed by atoms with Crippen LogP contribution in [0.25, 0.3) is 6.08 Å². The molecule has 0 aromatic heterocycles. The van der Waals surface area contributed by atoms with Crippen LogP contribution in [0.5, 0.6) is 0 Å². The summed E-state index contributed by atoms with van der Waals surface area (Å²) in [6, 6.07) is 9.55. The summed E-state index contributed by atoms with van der Waals surface area (Å²) in [5.41, 5.74) is 1.05. The van der Waals surface area contributed by atoms with Crippen molar-refractivity contribution in [2.75, 3.05) is 0 Å². The van der Waals surface area contributed by atoms with Gasteiger partial charge in [-0.3, -0.25) is 4.18 Å². The average molecular weight is 253 g/mol. The van der Waals surface area contributed by atoms with Gasteiger partial charge in [0.1, 0.15) is 0 Å². The summed E-state index contributed by atoms with van der Waals surface area (Å²) in [6.45, 7) is 1.75. The predicted octanol–water partition coefficient (Wildman–Crippen LogP) is 1.71. The standard InChI is InChI=1S/C12H15NO3S/c1-10-9-12(13-17(14,15)16-10)8-7-11-5-3-2-4-6-11/h2-8,10,12-13H,9H2,1H3/b8-7+/t10-,12+/m0/s1. The molecule has 0 bridgehead atoms. The van der Waals surface area contributed by atoms with Gasteiger partial charge in [-0.25, -0.2) is 0 Å². The van der Waals surface area contributed by atoms with Crippen LogP contribution in [0.4, 0.5) is 0 Å². The van der Waals surface area contributed by atoms with Gasteiger partial charge in [0.15, 0.2) is 0 Å². The maximum absolute atomic E-state index is 11.3. The minimum atomic E-state index is -3.59. The number of hydrogen-bond donors (Lipinski definition) is 1. The lowest BCUT2D eigenvalue weighted by Crippen LogP contribution is -2.43. The summed E-state index contributed by atoms with van der Waals surface area (Å²) in [5, 5.41) is 0. The van der Waals surface area contributed by atoms with Crippen LogP contribution in [0.3, 0.4) is 0 Å². The summed E-state index contributed by atoms with van der Waals surface area (Å²) in [5.74, 6) is 0.